The fraction of sp³-hybridized carbons (Fsp3) is 0.227. The molecular formula is C22H22ClN3O2. The van der Waals surface area contributed by atoms with Gasteiger partial charge in [0.1, 0.15) is 5.82 Å². The van der Waals surface area contributed by atoms with Crippen molar-refractivity contribution in [3.05, 3.63) is 92.5 Å². The van der Waals surface area contributed by atoms with E-state index in [1.54, 1.807) is 12.1 Å². The molecule has 6 heteroatoms. The first-order chi connectivity index (χ1) is 13.6. The van der Waals surface area contributed by atoms with E-state index in [0.29, 0.717) is 11.7 Å². The highest BCUT2D eigenvalue weighted by Gasteiger charge is 2.14. The van der Waals surface area contributed by atoms with Gasteiger partial charge < -0.3 is 4.57 Å². The molecule has 3 aromatic rings. The third-order valence-electron chi connectivity index (χ3n) is 4.52. The predicted octanol–water partition coefficient (Wildman–Crippen LogP) is 6.01. The third-order valence-corrected chi connectivity index (χ3v) is 4.79. The van der Waals surface area contributed by atoms with Crippen molar-refractivity contribution in [1.29, 1.82) is 0 Å². The maximum atomic E-state index is 10.9. The summed E-state index contributed by atoms with van der Waals surface area (Å²) >= 11 is 6.46. The van der Waals surface area contributed by atoms with Gasteiger partial charge in [-0.25, -0.2) is 4.98 Å². The molecule has 0 aliphatic carbocycles. The van der Waals surface area contributed by atoms with E-state index in [1.165, 1.54) is 12.1 Å². The molecule has 0 aliphatic heterocycles. The van der Waals surface area contributed by atoms with Gasteiger partial charge in [-0.1, -0.05) is 73.5 Å². The van der Waals surface area contributed by atoms with E-state index in [1.807, 2.05) is 42.5 Å². The summed E-state index contributed by atoms with van der Waals surface area (Å²) in [6, 6.07) is 16.6. The van der Waals surface area contributed by atoms with Crippen LogP contribution in [0.5, 0.6) is 0 Å². The van der Waals surface area contributed by atoms with Crippen LogP contribution >= 0.6 is 11.6 Å². The minimum absolute atomic E-state index is 0.0859. The van der Waals surface area contributed by atoms with Crippen molar-refractivity contribution in [3.8, 4) is 0 Å². The standard InChI is InChI=1S/C22H22ClN3O2/c1-2-3-9-21-24-22(23)20(15-12-17-7-5-4-6-8-17)25(21)16-18-10-13-19(14-11-18)26(27)28/h4-8,10-15H,2-3,9,16H2,1H3/b15-12+. The Bertz CT molecular complexity index is 963. The zero-order valence-corrected chi connectivity index (χ0v) is 16.5. The zero-order chi connectivity index (χ0) is 19.9. The SMILES string of the molecule is CCCCc1nc(Cl)c(/C=C/c2ccccc2)n1Cc1ccc([N+](=O)[O-])cc1. The Labute approximate surface area is 169 Å². The van der Waals surface area contributed by atoms with Gasteiger partial charge in [0, 0.05) is 25.1 Å². The maximum absolute atomic E-state index is 10.9. The van der Waals surface area contributed by atoms with Gasteiger partial charge in [-0.2, -0.15) is 0 Å². The van der Waals surface area contributed by atoms with Crippen molar-refractivity contribution in [2.75, 3.05) is 0 Å². The minimum atomic E-state index is -0.390. The van der Waals surface area contributed by atoms with Gasteiger partial charge in [-0.3, -0.25) is 10.1 Å². The topological polar surface area (TPSA) is 61.0 Å². The number of rotatable bonds is 8. The average molecular weight is 396 g/mol. The third kappa shape index (κ3) is 4.87. The molecule has 0 atom stereocenters. The summed E-state index contributed by atoms with van der Waals surface area (Å²) in [6.07, 6.45) is 6.92. The lowest BCUT2D eigenvalue weighted by molar-refractivity contribution is -0.384. The molecule has 0 unspecified atom stereocenters. The van der Waals surface area contributed by atoms with Crippen LogP contribution in [0.1, 0.15) is 42.4 Å². The summed E-state index contributed by atoms with van der Waals surface area (Å²) in [5, 5.41) is 11.4. The summed E-state index contributed by atoms with van der Waals surface area (Å²) < 4.78 is 2.10. The van der Waals surface area contributed by atoms with Crippen molar-refractivity contribution >= 4 is 29.4 Å². The maximum Gasteiger partial charge on any atom is 0.269 e. The van der Waals surface area contributed by atoms with Gasteiger partial charge in [-0.05, 0) is 23.6 Å². The molecular weight excluding hydrogens is 374 g/mol. The predicted molar refractivity (Wildman–Crippen MR) is 113 cm³/mol. The van der Waals surface area contributed by atoms with E-state index >= 15 is 0 Å². The molecule has 1 heterocycles. The van der Waals surface area contributed by atoms with E-state index in [4.69, 9.17) is 11.6 Å². The molecule has 0 fully saturated rings. The van der Waals surface area contributed by atoms with Crippen molar-refractivity contribution in [2.24, 2.45) is 0 Å². The van der Waals surface area contributed by atoms with Crippen LogP contribution < -0.4 is 0 Å². The number of nitrogens with zero attached hydrogens (tertiary/aromatic N) is 3. The summed E-state index contributed by atoms with van der Waals surface area (Å²) in [7, 11) is 0. The highest BCUT2D eigenvalue weighted by molar-refractivity contribution is 6.30. The highest BCUT2D eigenvalue weighted by Crippen LogP contribution is 2.24. The van der Waals surface area contributed by atoms with Crippen molar-refractivity contribution in [1.82, 2.24) is 9.55 Å². The van der Waals surface area contributed by atoms with Gasteiger partial charge >= 0.3 is 0 Å². The van der Waals surface area contributed by atoms with Crippen LogP contribution in [0.3, 0.4) is 0 Å². The number of hydrogen-bond donors (Lipinski definition) is 0. The van der Waals surface area contributed by atoms with Crippen molar-refractivity contribution < 1.29 is 4.92 Å². The van der Waals surface area contributed by atoms with E-state index in [2.05, 4.69) is 16.5 Å². The fourth-order valence-electron chi connectivity index (χ4n) is 2.99. The van der Waals surface area contributed by atoms with Gasteiger partial charge in [0.05, 0.1) is 10.6 Å². The summed E-state index contributed by atoms with van der Waals surface area (Å²) in [5.41, 5.74) is 2.97. The molecule has 0 bridgehead atoms. The van der Waals surface area contributed by atoms with Crippen LogP contribution in [0, 0.1) is 10.1 Å². The largest absolute Gasteiger partial charge is 0.323 e. The second kappa shape index (κ2) is 9.33. The molecule has 0 radical (unpaired) electrons. The second-order valence-corrected chi connectivity index (χ2v) is 6.92. The molecule has 0 saturated heterocycles. The van der Waals surface area contributed by atoms with Crippen LogP contribution in [-0.2, 0) is 13.0 Å². The number of benzene rings is 2. The average Bonchev–Trinajstić information content (AvgIpc) is 3.00. The Kier molecular flexibility index (Phi) is 6.61. The van der Waals surface area contributed by atoms with E-state index in [0.717, 1.165) is 41.9 Å². The number of non-ortho nitro benzene ring substituents is 1. The molecule has 28 heavy (non-hydrogen) atoms. The van der Waals surface area contributed by atoms with E-state index < -0.39 is 4.92 Å². The Morgan fingerprint density at radius 2 is 1.82 bits per heavy atom. The summed E-state index contributed by atoms with van der Waals surface area (Å²) in [5.74, 6) is 0.929. The quantitative estimate of drug-likeness (QED) is 0.346. The van der Waals surface area contributed by atoms with E-state index in [-0.39, 0.29) is 5.69 Å². The van der Waals surface area contributed by atoms with Crippen LogP contribution in [-0.4, -0.2) is 14.5 Å². The summed E-state index contributed by atoms with van der Waals surface area (Å²) in [6.45, 7) is 2.70. The highest BCUT2D eigenvalue weighted by atomic mass is 35.5. The second-order valence-electron chi connectivity index (χ2n) is 6.56. The van der Waals surface area contributed by atoms with Crippen LogP contribution in [0.4, 0.5) is 5.69 Å². The number of nitro benzene ring substituents is 1. The number of aryl methyl sites for hydroxylation is 1. The number of imidazole rings is 1. The molecule has 0 spiro atoms. The minimum Gasteiger partial charge on any atom is -0.323 e. The van der Waals surface area contributed by atoms with Crippen molar-refractivity contribution in [2.45, 2.75) is 32.7 Å². The molecule has 1 aromatic heterocycles. The number of nitro groups is 1. The lowest BCUT2D eigenvalue weighted by Crippen LogP contribution is -2.07. The molecule has 3 rings (SSSR count). The molecule has 2 aromatic carbocycles. The Morgan fingerprint density at radius 1 is 1.11 bits per heavy atom. The first-order valence-corrected chi connectivity index (χ1v) is 9.67. The molecule has 0 N–H and O–H groups in total. The fourth-order valence-corrected chi connectivity index (χ4v) is 3.25. The van der Waals surface area contributed by atoms with Crippen LogP contribution in [0.25, 0.3) is 12.2 Å². The first kappa shape index (κ1) is 19.8. The molecule has 0 amide bonds. The monoisotopic (exact) mass is 395 g/mol. The molecule has 0 aliphatic rings. The Morgan fingerprint density at radius 3 is 2.46 bits per heavy atom. The zero-order valence-electron chi connectivity index (χ0n) is 15.7. The molecule has 144 valence electrons. The molecule has 0 saturated carbocycles. The first-order valence-electron chi connectivity index (χ1n) is 9.30. The Balaban J connectivity index is 1.93. The normalized spacial score (nSPS) is 11.2. The van der Waals surface area contributed by atoms with Crippen LogP contribution in [0.2, 0.25) is 5.15 Å². The smallest absolute Gasteiger partial charge is 0.269 e. The lowest BCUT2D eigenvalue weighted by atomic mass is 10.2. The number of aromatic nitrogens is 2. The summed E-state index contributed by atoms with van der Waals surface area (Å²) in [4.78, 5) is 15.1. The van der Waals surface area contributed by atoms with Gasteiger partial charge in [0.15, 0.2) is 5.15 Å². The molecule has 5 nitrogen and oxygen atoms in total. The van der Waals surface area contributed by atoms with E-state index in [9.17, 15) is 10.1 Å². The number of unbranched alkanes of at least 4 members (excludes halogenated alkanes) is 1. The Hall–Kier alpha value is -2.92. The van der Waals surface area contributed by atoms with Gasteiger partial charge in [0.2, 0.25) is 0 Å². The van der Waals surface area contributed by atoms with Crippen LogP contribution in [0.15, 0.2) is 54.6 Å². The van der Waals surface area contributed by atoms with Gasteiger partial charge in [-0.15, -0.1) is 0 Å². The van der Waals surface area contributed by atoms with Gasteiger partial charge in [0.25, 0.3) is 5.69 Å². The van der Waals surface area contributed by atoms with Crippen molar-refractivity contribution in [3.63, 3.8) is 0 Å². The number of hydrogen-bond acceptors (Lipinski definition) is 3. The lowest BCUT2D eigenvalue weighted by Gasteiger charge is -2.10. The number of halogens is 1.